The third kappa shape index (κ3) is 5.25. The first kappa shape index (κ1) is 17.3. The number of carbonyl (C=O) groups excluding carboxylic acids is 1. The van der Waals surface area contributed by atoms with Gasteiger partial charge in [0.15, 0.2) is 0 Å². The quantitative estimate of drug-likeness (QED) is 0.837. The van der Waals surface area contributed by atoms with Gasteiger partial charge in [0, 0.05) is 20.2 Å². The van der Waals surface area contributed by atoms with Crippen LogP contribution in [0.2, 0.25) is 0 Å². The standard InChI is InChI=1S/C17H24N2O4/c1-23-12-15(10-13-6-3-2-4-7-13)18-17(22)19-9-5-8-14(11-19)16(20)21/h2-4,6-7,14-15H,5,8-12H2,1H3,(H,18,22)(H,20,21)/t14-,15?/m1/s1. The lowest BCUT2D eigenvalue weighted by atomic mass is 9.98. The van der Waals surface area contributed by atoms with E-state index in [0.717, 1.165) is 12.0 Å². The van der Waals surface area contributed by atoms with E-state index in [4.69, 9.17) is 9.84 Å². The van der Waals surface area contributed by atoms with E-state index in [-0.39, 0.29) is 18.6 Å². The molecule has 6 nitrogen and oxygen atoms in total. The molecule has 1 heterocycles. The molecule has 0 radical (unpaired) electrons. The minimum atomic E-state index is -0.833. The van der Waals surface area contributed by atoms with Crippen LogP contribution in [0.5, 0.6) is 0 Å². The summed E-state index contributed by atoms with van der Waals surface area (Å²) in [5.74, 6) is -1.30. The van der Waals surface area contributed by atoms with E-state index in [2.05, 4.69) is 5.32 Å². The normalized spacial score (nSPS) is 19.2. The van der Waals surface area contributed by atoms with Gasteiger partial charge in [-0.25, -0.2) is 4.79 Å². The Labute approximate surface area is 136 Å². The summed E-state index contributed by atoms with van der Waals surface area (Å²) in [7, 11) is 1.60. The SMILES string of the molecule is COCC(Cc1ccccc1)NC(=O)N1CCC[C@@H](C(=O)O)C1. The molecule has 1 aromatic rings. The summed E-state index contributed by atoms with van der Waals surface area (Å²) in [6.07, 6.45) is 2.03. The third-order valence-corrected chi connectivity index (χ3v) is 4.08. The topological polar surface area (TPSA) is 78.9 Å². The Bertz CT molecular complexity index is 521. The molecule has 2 N–H and O–H groups in total. The minimum Gasteiger partial charge on any atom is -0.481 e. The van der Waals surface area contributed by atoms with E-state index in [1.54, 1.807) is 12.0 Å². The van der Waals surface area contributed by atoms with Crippen LogP contribution in [0.3, 0.4) is 0 Å². The zero-order valence-corrected chi connectivity index (χ0v) is 13.4. The van der Waals surface area contributed by atoms with Crippen molar-refractivity contribution < 1.29 is 19.4 Å². The first-order chi connectivity index (χ1) is 11.1. The first-order valence-electron chi connectivity index (χ1n) is 7.91. The van der Waals surface area contributed by atoms with Gasteiger partial charge in [-0.2, -0.15) is 0 Å². The second kappa shape index (κ2) is 8.53. The Balaban J connectivity index is 1.93. The lowest BCUT2D eigenvalue weighted by molar-refractivity contribution is -0.143. The highest BCUT2D eigenvalue weighted by molar-refractivity contribution is 5.76. The number of likely N-dealkylation sites (tertiary alicyclic amines) is 1. The van der Waals surface area contributed by atoms with E-state index in [1.807, 2.05) is 30.3 Å². The van der Waals surface area contributed by atoms with Crippen LogP contribution in [0.1, 0.15) is 18.4 Å². The van der Waals surface area contributed by atoms with Crippen LogP contribution in [0.4, 0.5) is 4.79 Å². The number of piperidine rings is 1. The molecule has 0 aromatic heterocycles. The lowest BCUT2D eigenvalue weighted by Gasteiger charge is -2.32. The van der Waals surface area contributed by atoms with Crippen LogP contribution in [0, 0.1) is 5.92 Å². The fourth-order valence-electron chi connectivity index (χ4n) is 2.88. The van der Waals surface area contributed by atoms with Gasteiger partial charge >= 0.3 is 12.0 Å². The number of hydrogen-bond acceptors (Lipinski definition) is 3. The van der Waals surface area contributed by atoms with E-state index >= 15 is 0 Å². The van der Waals surface area contributed by atoms with Gasteiger partial charge in [-0.3, -0.25) is 4.79 Å². The molecular formula is C17H24N2O4. The maximum atomic E-state index is 12.4. The number of rotatable bonds is 6. The second-order valence-electron chi connectivity index (χ2n) is 5.91. The van der Waals surface area contributed by atoms with Crippen LogP contribution in [-0.4, -0.2) is 54.9 Å². The molecule has 2 rings (SSSR count). The lowest BCUT2D eigenvalue weighted by Crippen LogP contribution is -2.51. The zero-order valence-electron chi connectivity index (χ0n) is 13.4. The summed E-state index contributed by atoms with van der Waals surface area (Å²) in [5, 5.41) is 12.1. The van der Waals surface area contributed by atoms with E-state index < -0.39 is 11.9 Å². The van der Waals surface area contributed by atoms with Crippen molar-refractivity contribution in [3.8, 4) is 0 Å². The molecule has 6 heteroatoms. The van der Waals surface area contributed by atoms with Crippen molar-refractivity contribution in [3.63, 3.8) is 0 Å². The Kier molecular flexibility index (Phi) is 6.40. The van der Waals surface area contributed by atoms with Crippen LogP contribution < -0.4 is 5.32 Å². The molecule has 1 aliphatic heterocycles. The summed E-state index contributed by atoms with van der Waals surface area (Å²) < 4.78 is 5.20. The number of benzene rings is 1. The maximum absolute atomic E-state index is 12.4. The molecule has 1 fully saturated rings. The maximum Gasteiger partial charge on any atom is 0.317 e. The highest BCUT2D eigenvalue weighted by Gasteiger charge is 2.29. The third-order valence-electron chi connectivity index (χ3n) is 4.08. The summed E-state index contributed by atoms with van der Waals surface area (Å²) in [6, 6.07) is 9.54. The van der Waals surface area contributed by atoms with E-state index in [9.17, 15) is 9.59 Å². The van der Waals surface area contributed by atoms with Crippen LogP contribution in [-0.2, 0) is 16.0 Å². The van der Waals surface area contributed by atoms with Crippen molar-refractivity contribution in [1.82, 2.24) is 10.2 Å². The number of nitrogens with one attached hydrogen (secondary N) is 1. The number of hydrogen-bond donors (Lipinski definition) is 2. The minimum absolute atomic E-state index is 0.139. The zero-order chi connectivity index (χ0) is 16.7. The summed E-state index contributed by atoms with van der Waals surface area (Å²) in [6.45, 7) is 1.28. The van der Waals surface area contributed by atoms with Crippen molar-refractivity contribution in [2.24, 2.45) is 5.92 Å². The highest BCUT2D eigenvalue weighted by Crippen LogP contribution is 2.17. The number of carboxylic acids is 1. The smallest absolute Gasteiger partial charge is 0.317 e. The number of aliphatic carboxylic acids is 1. The van der Waals surface area contributed by atoms with Gasteiger partial charge in [0.05, 0.1) is 18.6 Å². The Morgan fingerprint density at radius 3 is 2.78 bits per heavy atom. The van der Waals surface area contributed by atoms with E-state index in [1.165, 1.54) is 0 Å². The summed E-state index contributed by atoms with van der Waals surface area (Å²) >= 11 is 0. The van der Waals surface area contributed by atoms with Gasteiger partial charge in [-0.05, 0) is 24.8 Å². The van der Waals surface area contributed by atoms with Crippen molar-refractivity contribution in [1.29, 1.82) is 0 Å². The number of methoxy groups -OCH3 is 1. The Hall–Kier alpha value is -2.08. The van der Waals surface area contributed by atoms with Gasteiger partial charge in [-0.15, -0.1) is 0 Å². The van der Waals surface area contributed by atoms with Crippen LogP contribution in [0.15, 0.2) is 30.3 Å². The number of nitrogens with zero attached hydrogens (tertiary/aromatic N) is 1. The number of carbonyl (C=O) groups is 2. The molecule has 1 saturated heterocycles. The monoisotopic (exact) mass is 320 g/mol. The summed E-state index contributed by atoms with van der Waals surface area (Å²) in [4.78, 5) is 25.1. The van der Waals surface area contributed by atoms with Crippen LogP contribution >= 0.6 is 0 Å². The van der Waals surface area contributed by atoms with Gasteiger partial charge in [0.25, 0.3) is 0 Å². The molecule has 2 amide bonds. The number of ether oxygens (including phenoxy) is 1. The second-order valence-corrected chi connectivity index (χ2v) is 5.91. The average Bonchev–Trinajstić information content (AvgIpc) is 2.56. The molecule has 1 unspecified atom stereocenters. The molecule has 126 valence electrons. The number of urea groups is 1. The first-order valence-corrected chi connectivity index (χ1v) is 7.91. The van der Waals surface area contributed by atoms with Crippen molar-refractivity contribution in [2.75, 3.05) is 26.8 Å². The fourth-order valence-corrected chi connectivity index (χ4v) is 2.88. The van der Waals surface area contributed by atoms with Crippen LogP contribution in [0.25, 0.3) is 0 Å². The summed E-state index contributed by atoms with van der Waals surface area (Å²) in [5.41, 5.74) is 1.12. The molecule has 0 bridgehead atoms. The molecular weight excluding hydrogens is 296 g/mol. The van der Waals surface area contributed by atoms with Crippen molar-refractivity contribution in [3.05, 3.63) is 35.9 Å². The average molecular weight is 320 g/mol. The van der Waals surface area contributed by atoms with Gasteiger partial charge in [-0.1, -0.05) is 30.3 Å². The van der Waals surface area contributed by atoms with Crippen molar-refractivity contribution in [2.45, 2.75) is 25.3 Å². The number of amides is 2. The van der Waals surface area contributed by atoms with Gasteiger partial charge in [0.1, 0.15) is 0 Å². The van der Waals surface area contributed by atoms with E-state index in [0.29, 0.717) is 26.0 Å². The molecule has 2 atom stereocenters. The molecule has 1 aromatic carbocycles. The molecule has 1 aliphatic rings. The fraction of sp³-hybridized carbons (Fsp3) is 0.529. The predicted octanol–water partition coefficient (Wildman–Crippen LogP) is 1.75. The molecule has 0 aliphatic carbocycles. The van der Waals surface area contributed by atoms with Gasteiger partial charge < -0.3 is 20.1 Å². The Morgan fingerprint density at radius 2 is 2.13 bits per heavy atom. The Morgan fingerprint density at radius 1 is 1.39 bits per heavy atom. The number of carboxylic acid groups (broad SMARTS) is 1. The molecule has 0 spiro atoms. The predicted molar refractivity (Wildman–Crippen MR) is 86.3 cm³/mol. The molecule has 0 saturated carbocycles. The molecule has 23 heavy (non-hydrogen) atoms. The largest absolute Gasteiger partial charge is 0.481 e. The van der Waals surface area contributed by atoms with Crippen molar-refractivity contribution >= 4 is 12.0 Å². The highest BCUT2D eigenvalue weighted by atomic mass is 16.5. The van der Waals surface area contributed by atoms with Gasteiger partial charge in [0.2, 0.25) is 0 Å².